The number of hydrogen-bond donors (Lipinski definition) is 1. The maximum Gasteiger partial charge on any atom is 0.156 e. The molecule has 1 N–H and O–H groups in total. The number of hydrogen-bond acceptors (Lipinski definition) is 4. The standard InChI is InChI=1S/C15H25NO3S/c1-15(2,3)20(17,18)12-10-16-14-8-6-5-7-13(14)9-11-19-4/h5-8,16H,9-12H2,1-4H3. The largest absolute Gasteiger partial charge is 0.384 e. The second kappa shape index (κ2) is 7.09. The van der Waals surface area contributed by atoms with Gasteiger partial charge in [-0.25, -0.2) is 8.42 Å². The van der Waals surface area contributed by atoms with Gasteiger partial charge in [0.15, 0.2) is 9.84 Å². The van der Waals surface area contributed by atoms with Crippen LogP contribution in [0.1, 0.15) is 26.3 Å². The van der Waals surface area contributed by atoms with Gasteiger partial charge in [-0.3, -0.25) is 0 Å². The third-order valence-electron chi connectivity index (χ3n) is 3.21. The third kappa shape index (κ3) is 4.80. The average molecular weight is 299 g/mol. The van der Waals surface area contributed by atoms with E-state index in [0.29, 0.717) is 13.2 Å². The summed E-state index contributed by atoms with van der Waals surface area (Å²) in [5, 5.41) is 3.22. The number of rotatable bonds is 7. The van der Waals surface area contributed by atoms with Crippen LogP contribution in [0.3, 0.4) is 0 Å². The van der Waals surface area contributed by atoms with Crippen LogP contribution in [-0.4, -0.2) is 39.2 Å². The zero-order valence-electron chi connectivity index (χ0n) is 12.8. The third-order valence-corrected chi connectivity index (χ3v) is 5.82. The molecule has 0 aromatic heterocycles. The Morgan fingerprint density at radius 2 is 1.85 bits per heavy atom. The van der Waals surface area contributed by atoms with Crippen LogP contribution in [-0.2, 0) is 21.0 Å². The van der Waals surface area contributed by atoms with Crippen molar-refractivity contribution in [2.75, 3.05) is 31.3 Å². The summed E-state index contributed by atoms with van der Waals surface area (Å²) in [6.45, 7) is 6.27. The van der Waals surface area contributed by atoms with Crippen LogP contribution in [0.5, 0.6) is 0 Å². The highest BCUT2D eigenvalue weighted by Crippen LogP contribution is 2.18. The number of benzene rings is 1. The molecule has 0 spiro atoms. The van der Waals surface area contributed by atoms with Gasteiger partial charge in [0.25, 0.3) is 0 Å². The quantitative estimate of drug-likeness (QED) is 0.840. The molecule has 0 radical (unpaired) electrons. The van der Waals surface area contributed by atoms with E-state index in [1.807, 2.05) is 24.3 Å². The van der Waals surface area contributed by atoms with E-state index in [9.17, 15) is 8.42 Å². The summed E-state index contributed by atoms with van der Waals surface area (Å²) in [6, 6.07) is 7.91. The molecule has 0 aliphatic carbocycles. The van der Waals surface area contributed by atoms with Gasteiger partial charge in [0.1, 0.15) is 0 Å². The van der Waals surface area contributed by atoms with Gasteiger partial charge < -0.3 is 10.1 Å². The van der Waals surface area contributed by atoms with Crippen molar-refractivity contribution in [3.63, 3.8) is 0 Å². The van der Waals surface area contributed by atoms with Crippen LogP contribution in [0.4, 0.5) is 5.69 Å². The van der Waals surface area contributed by atoms with Gasteiger partial charge in [0.2, 0.25) is 0 Å². The molecule has 0 saturated heterocycles. The molecule has 114 valence electrons. The highest BCUT2D eigenvalue weighted by atomic mass is 32.2. The molecule has 0 fully saturated rings. The molecule has 0 heterocycles. The molecule has 20 heavy (non-hydrogen) atoms. The molecule has 0 amide bonds. The van der Waals surface area contributed by atoms with E-state index in [2.05, 4.69) is 5.32 Å². The van der Waals surface area contributed by atoms with Crippen molar-refractivity contribution in [2.45, 2.75) is 31.9 Å². The fraction of sp³-hybridized carbons (Fsp3) is 0.600. The molecular formula is C15H25NO3S. The van der Waals surface area contributed by atoms with Crippen molar-refractivity contribution >= 4 is 15.5 Å². The highest BCUT2D eigenvalue weighted by Gasteiger charge is 2.28. The van der Waals surface area contributed by atoms with E-state index in [1.54, 1.807) is 27.9 Å². The summed E-state index contributed by atoms with van der Waals surface area (Å²) >= 11 is 0. The van der Waals surface area contributed by atoms with Gasteiger partial charge in [-0.1, -0.05) is 18.2 Å². The topological polar surface area (TPSA) is 55.4 Å². The SMILES string of the molecule is COCCc1ccccc1NCCS(=O)(=O)C(C)(C)C. The first-order valence-electron chi connectivity index (χ1n) is 6.81. The highest BCUT2D eigenvalue weighted by molar-refractivity contribution is 7.92. The van der Waals surface area contributed by atoms with Gasteiger partial charge in [0.05, 0.1) is 17.1 Å². The van der Waals surface area contributed by atoms with Crippen LogP contribution >= 0.6 is 0 Å². The number of ether oxygens (including phenoxy) is 1. The lowest BCUT2D eigenvalue weighted by molar-refractivity contribution is 0.202. The Balaban J connectivity index is 2.63. The lowest BCUT2D eigenvalue weighted by Crippen LogP contribution is -2.33. The number of para-hydroxylation sites is 1. The zero-order chi connectivity index (χ0) is 15.2. The minimum Gasteiger partial charge on any atom is -0.384 e. The van der Waals surface area contributed by atoms with Gasteiger partial charge in [-0.05, 0) is 38.8 Å². The molecule has 0 bridgehead atoms. The Bertz CT molecular complexity index is 518. The van der Waals surface area contributed by atoms with E-state index in [1.165, 1.54) is 0 Å². The van der Waals surface area contributed by atoms with Crippen molar-refractivity contribution < 1.29 is 13.2 Å². The maximum atomic E-state index is 12.0. The first-order chi connectivity index (χ1) is 9.28. The number of methoxy groups -OCH3 is 1. The Kier molecular flexibility index (Phi) is 6.02. The Morgan fingerprint density at radius 3 is 2.45 bits per heavy atom. The molecule has 1 rings (SSSR count). The average Bonchev–Trinajstić information content (AvgIpc) is 2.36. The van der Waals surface area contributed by atoms with Gasteiger partial charge in [-0.2, -0.15) is 0 Å². The van der Waals surface area contributed by atoms with Crippen LogP contribution in [0.2, 0.25) is 0 Å². The summed E-state index contributed by atoms with van der Waals surface area (Å²) in [7, 11) is -1.41. The zero-order valence-corrected chi connectivity index (χ0v) is 13.6. The van der Waals surface area contributed by atoms with Gasteiger partial charge in [-0.15, -0.1) is 0 Å². The smallest absolute Gasteiger partial charge is 0.156 e. The molecule has 5 heteroatoms. The first kappa shape index (κ1) is 17.0. The van der Waals surface area contributed by atoms with Gasteiger partial charge >= 0.3 is 0 Å². The summed E-state index contributed by atoms with van der Waals surface area (Å²) in [6.07, 6.45) is 0.811. The minimum absolute atomic E-state index is 0.134. The lowest BCUT2D eigenvalue weighted by atomic mass is 10.1. The van der Waals surface area contributed by atoms with Crippen molar-refractivity contribution in [1.82, 2.24) is 0 Å². The summed E-state index contributed by atoms with van der Waals surface area (Å²) in [4.78, 5) is 0. The molecule has 0 aliphatic rings. The van der Waals surface area contributed by atoms with Crippen molar-refractivity contribution in [3.8, 4) is 0 Å². The van der Waals surface area contributed by atoms with Crippen molar-refractivity contribution in [2.24, 2.45) is 0 Å². The molecule has 4 nitrogen and oxygen atoms in total. The lowest BCUT2D eigenvalue weighted by Gasteiger charge is -2.20. The van der Waals surface area contributed by atoms with E-state index in [4.69, 9.17) is 4.74 Å². The summed E-state index contributed by atoms with van der Waals surface area (Å²) < 4.78 is 28.5. The second-order valence-corrected chi connectivity index (χ2v) is 8.62. The number of nitrogens with one attached hydrogen (secondary N) is 1. The van der Waals surface area contributed by atoms with Crippen LogP contribution in [0.25, 0.3) is 0 Å². The maximum absolute atomic E-state index is 12.0. The molecule has 0 atom stereocenters. The molecule has 0 saturated carbocycles. The predicted octanol–water partition coefficient (Wildman–Crippen LogP) is 2.50. The molecular weight excluding hydrogens is 274 g/mol. The molecule has 0 unspecified atom stereocenters. The van der Waals surface area contributed by atoms with Gasteiger partial charge in [0, 0.05) is 19.3 Å². The van der Waals surface area contributed by atoms with E-state index in [-0.39, 0.29) is 5.75 Å². The summed E-state index contributed by atoms with van der Waals surface area (Å²) in [5.74, 6) is 0.134. The molecule has 1 aromatic rings. The van der Waals surface area contributed by atoms with Crippen LogP contribution < -0.4 is 5.32 Å². The first-order valence-corrected chi connectivity index (χ1v) is 8.46. The number of anilines is 1. The van der Waals surface area contributed by atoms with Crippen LogP contribution in [0, 0.1) is 0 Å². The second-order valence-electron chi connectivity index (χ2n) is 5.76. The number of sulfone groups is 1. The Hall–Kier alpha value is -1.07. The fourth-order valence-corrected chi connectivity index (χ4v) is 2.73. The van der Waals surface area contributed by atoms with E-state index < -0.39 is 14.6 Å². The van der Waals surface area contributed by atoms with Crippen LogP contribution in [0.15, 0.2) is 24.3 Å². The van der Waals surface area contributed by atoms with E-state index >= 15 is 0 Å². The Morgan fingerprint density at radius 1 is 1.20 bits per heavy atom. The van der Waals surface area contributed by atoms with Crippen molar-refractivity contribution in [3.05, 3.63) is 29.8 Å². The normalized spacial score (nSPS) is 12.4. The molecule has 0 aliphatic heterocycles. The summed E-state index contributed by atoms with van der Waals surface area (Å²) in [5.41, 5.74) is 2.12. The Labute approximate surface area is 122 Å². The molecule has 1 aromatic carbocycles. The van der Waals surface area contributed by atoms with Crippen molar-refractivity contribution in [1.29, 1.82) is 0 Å². The monoisotopic (exact) mass is 299 g/mol. The fourth-order valence-electron chi connectivity index (χ4n) is 1.75. The predicted molar refractivity (Wildman–Crippen MR) is 84.1 cm³/mol. The minimum atomic E-state index is -3.08. The van der Waals surface area contributed by atoms with E-state index in [0.717, 1.165) is 17.7 Å².